The van der Waals surface area contributed by atoms with Crippen molar-refractivity contribution in [2.75, 3.05) is 7.11 Å². The van der Waals surface area contributed by atoms with E-state index in [1.54, 1.807) is 25.3 Å². The number of ether oxygens (including phenoxy) is 1. The molecule has 4 rings (SSSR count). The van der Waals surface area contributed by atoms with Gasteiger partial charge in [0.1, 0.15) is 11.5 Å². The van der Waals surface area contributed by atoms with E-state index in [2.05, 4.69) is 9.88 Å². The summed E-state index contributed by atoms with van der Waals surface area (Å²) in [6.45, 7) is 2.95. The van der Waals surface area contributed by atoms with Gasteiger partial charge < -0.3 is 19.7 Å². The Kier molecular flexibility index (Phi) is 6.35. The van der Waals surface area contributed by atoms with Crippen LogP contribution in [-0.2, 0) is 6.54 Å². The zero-order chi connectivity index (χ0) is 21.1. The number of phenols is 1. The van der Waals surface area contributed by atoms with Crippen molar-refractivity contribution in [1.82, 2.24) is 9.88 Å². The van der Waals surface area contributed by atoms with Crippen molar-refractivity contribution < 1.29 is 14.6 Å². The number of rotatable bonds is 6. The highest BCUT2D eigenvalue weighted by Crippen LogP contribution is 2.37. The molecule has 0 unspecified atom stereocenters. The van der Waals surface area contributed by atoms with Crippen molar-refractivity contribution in [1.29, 1.82) is 0 Å². The molecule has 2 N–H and O–H groups in total. The second kappa shape index (κ2) is 9.15. The van der Waals surface area contributed by atoms with Gasteiger partial charge in [-0.15, -0.1) is 0 Å². The van der Waals surface area contributed by atoms with E-state index >= 15 is 0 Å². The third-order valence-electron chi connectivity index (χ3n) is 6.93. The van der Waals surface area contributed by atoms with Gasteiger partial charge in [0.05, 0.1) is 18.4 Å². The molecule has 0 saturated heterocycles. The normalized spacial score (nSPS) is 17.9. The molecule has 2 aliphatic rings. The molecule has 1 aromatic heterocycles. The Bertz CT molecular complexity index is 890. The maximum atomic E-state index is 13.1. The van der Waals surface area contributed by atoms with Gasteiger partial charge in [0, 0.05) is 23.8 Å². The van der Waals surface area contributed by atoms with Crippen LogP contribution in [0.4, 0.5) is 0 Å². The highest BCUT2D eigenvalue weighted by Gasteiger charge is 2.25. The van der Waals surface area contributed by atoms with Gasteiger partial charge >= 0.3 is 0 Å². The molecule has 5 nitrogen and oxygen atoms in total. The molecular formula is C25H34N2O3. The number of aromatic hydroxyl groups is 1. The summed E-state index contributed by atoms with van der Waals surface area (Å²) in [5.41, 5.74) is 3.51. The molecule has 0 radical (unpaired) electrons. The molecule has 162 valence electrons. The molecule has 1 aromatic carbocycles. The average Bonchev–Trinajstić information content (AvgIpc) is 3.37. The second-order valence-electron chi connectivity index (χ2n) is 8.98. The predicted molar refractivity (Wildman–Crippen MR) is 119 cm³/mol. The smallest absolute Gasteiger partial charge is 0.253 e. The standard InChI is InChI=1S/C25H34N2O3/c1-17-21(25(29)26-19-10-6-7-11-19)15-23(22-14-20(28)12-13-24(22)30-2)27(17)16-18-8-4-3-5-9-18/h12-15,18-19,28H,3-11,16H2,1-2H3,(H,26,29). The number of benzene rings is 1. The predicted octanol–water partition coefficient (Wildman–Crippen LogP) is 5.43. The van der Waals surface area contributed by atoms with Gasteiger partial charge in [-0.3, -0.25) is 4.79 Å². The Balaban J connectivity index is 1.72. The van der Waals surface area contributed by atoms with Crippen LogP contribution in [0.1, 0.15) is 73.8 Å². The number of nitrogens with zero attached hydrogens (tertiary/aromatic N) is 1. The maximum absolute atomic E-state index is 13.1. The minimum atomic E-state index is 0.0159. The number of amides is 1. The Morgan fingerprint density at radius 1 is 1.10 bits per heavy atom. The van der Waals surface area contributed by atoms with Crippen molar-refractivity contribution in [3.8, 4) is 22.8 Å². The Labute approximate surface area is 179 Å². The monoisotopic (exact) mass is 410 g/mol. The minimum Gasteiger partial charge on any atom is -0.508 e. The zero-order valence-electron chi connectivity index (χ0n) is 18.2. The van der Waals surface area contributed by atoms with Crippen LogP contribution in [-0.4, -0.2) is 28.7 Å². The highest BCUT2D eigenvalue weighted by molar-refractivity contribution is 5.97. The number of carbonyl (C=O) groups is 1. The van der Waals surface area contributed by atoms with E-state index in [-0.39, 0.29) is 17.7 Å². The molecular weight excluding hydrogens is 376 g/mol. The molecule has 1 heterocycles. The van der Waals surface area contributed by atoms with Gasteiger partial charge in [0.15, 0.2) is 0 Å². The van der Waals surface area contributed by atoms with Crippen molar-refractivity contribution in [2.24, 2.45) is 5.92 Å². The number of aromatic nitrogens is 1. The van der Waals surface area contributed by atoms with Gasteiger partial charge in [-0.1, -0.05) is 32.1 Å². The molecule has 2 aromatic rings. The number of carbonyl (C=O) groups excluding carboxylic acids is 1. The van der Waals surface area contributed by atoms with E-state index < -0.39 is 0 Å². The number of phenolic OH excluding ortho intramolecular Hbond substituents is 1. The maximum Gasteiger partial charge on any atom is 0.253 e. The van der Waals surface area contributed by atoms with E-state index in [0.29, 0.717) is 11.7 Å². The molecule has 2 aliphatic carbocycles. The number of hydrogen-bond donors (Lipinski definition) is 2. The minimum absolute atomic E-state index is 0.0159. The van der Waals surface area contributed by atoms with E-state index in [1.165, 1.54) is 44.9 Å². The van der Waals surface area contributed by atoms with Crippen molar-refractivity contribution in [3.63, 3.8) is 0 Å². The van der Waals surface area contributed by atoms with Crippen LogP contribution in [0.25, 0.3) is 11.3 Å². The molecule has 2 fully saturated rings. The lowest BCUT2D eigenvalue weighted by atomic mass is 9.89. The molecule has 1 amide bonds. The average molecular weight is 411 g/mol. The largest absolute Gasteiger partial charge is 0.508 e. The summed E-state index contributed by atoms with van der Waals surface area (Å²) in [5.74, 6) is 1.54. The summed E-state index contributed by atoms with van der Waals surface area (Å²) < 4.78 is 7.87. The van der Waals surface area contributed by atoms with Crippen molar-refractivity contribution >= 4 is 5.91 Å². The molecule has 0 spiro atoms. The Morgan fingerprint density at radius 2 is 1.80 bits per heavy atom. The van der Waals surface area contributed by atoms with E-state index in [0.717, 1.165) is 41.9 Å². The first kappa shape index (κ1) is 20.8. The van der Waals surface area contributed by atoms with Crippen LogP contribution in [0.2, 0.25) is 0 Å². The first-order chi connectivity index (χ1) is 14.6. The van der Waals surface area contributed by atoms with Crippen LogP contribution in [0, 0.1) is 12.8 Å². The topological polar surface area (TPSA) is 63.5 Å². The second-order valence-corrected chi connectivity index (χ2v) is 8.98. The fourth-order valence-electron chi connectivity index (χ4n) is 5.19. The van der Waals surface area contributed by atoms with E-state index in [9.17, 15) is 9.90 Å². The first-order valence-corrected chi connectivity index (χ1v) is 11.4. The van der Waals surface area contributed by atoms with Crippen LogP contribution in [0.5, 0.6) is 11.5 Å². The molecule has 0 atom stereocenters. The van der Waals surface area contributed by atoms with Crippen molar-refractivity contribution in [2.45, 2.75) is 77.3 Å². The SMILES string of the molecule is COc1ccc(O)cc1-c1cc(C(=O)NC2CCCC2)c(C)n1CC1CCCCC1. The van der Waals surface area contributed by atoms with Gasteiger partial charge in [0.25, 0.3) is 5.91 Å². The lowest BCUT2D eigenvalue weighted by Gasteiger charge is -2.24. The van der Waals surface area contributed by atoms with Crippen molar-refractivity contribution in [3.05, 3.63) is 35.5 Å². The third-order valence-corrected chi connectivity index (χ3v) is 6.93. The number of hydrogen-bond acceptors (Lipinski definition) is 3. The van der Waals surface area contributed by atoms with Crippen LogP contribution in [0.15, 0.2) is 24.3 Å². The summed E-state index contributed by atoms with van der Waals surface area (Å²) in [5, 5.41) is 13.4. The third kappa shape index (κ3) is 4.35. The lowest BCUT2D eigenvalue weighted by Crippen LogP contribution is -2.32. The molecule has 0 bridgehead atoms. The van der Waals surface area contributed by atoms with Crippen LogP contribution in [0.3, 0.4) is 0 Å². The quantitative estimate of drug-likeness (QED) is 0.667. The molecule has 2 saturated carbocycles. The molecule has 0 aliphatic heterocycles. The van der Waals surface area contributed by atoms with E-state index in [4.69, 9.17) is 4.74 Å². The summed E-state index contributed by atoms with van der Waals surface area (Å²) in [7, 11) is 1.64. The fourth-order valence-corrected chi connectivity index (χ4v) is 5.19. The van der Waals surface area contributed by atoms with Gasteiger partial charge in [0.2, 0.25) is 0 Å². The Morgan fingerprint density at radius 3 is 2.50 bits per heavy atom. The summed E-state index contributed by atoms with van der Waals surface area (Å²) in [6.07, 6.45) is 10.9. The lowest BCUT2D eigenvalue weighted by molar-refractivity contribution is 0.0937. The van der Waals surface area contributed by atoms with Gasteiger partial charge in [-0.2, -0.15) is 0 Å². The van der Waals surface area contributed by atoms with Crippen LogP contribution < -0.4 is 10.1 Å². The zero-order valence-corrected chi connectivity index (χ0v) is 18.2. The van der Waals surface area contributed by atoms with E-state index in [1.807, 2.05) is 13.0 Å². The summed E-state index contributed by atoms with van der Waals surface area (Å²) in [6, 6.07) is 7.44. The number of nitrogens with one attached hydrogen (secondary N) is 1. The summed E-state index contributed by atoms with van der Waals surface area (Å²) >= 11 is 0. The highest BCUT2D eigenvalue weighted by atomic mass is 16.5. The molecule has 30 heavy (non-hydrogen) atoms. The van der Waals surface area contributed by atoms with Gasteiger partial charge in [-0.25, -0.2) is 0 Å². The molecule has 5 heteroatoms. The first-order valence-electron chi connectivity index (χ1n) is 11.4. The fraction of sp³-hybridized carbons (Fsp3) is 0.560. The van der Waals surface area contributed by atoms with Crippen LogP contribution >= 0.6 is 0 Å². The Hall–Kier alpha value is -2.43. The number of methoxy groups -OCH3 is 1. The summed E-state index contributed by atoms with van der Waals surface area (Å²) in [4.78, 5) is 13.1. The van der Waals surface area contributed by atoms with Gasteiger partial charge in [-0.05, 0) is 62.8 Å².